The highest BCUT2D eigenvalue weighted by Crippen LogP contribution is 2.28. The lowest BCUT2D eigenvalue weighted by Crippen LogP contribution is -2.51. The molecule has 0 N–H and O–H groups in total. The smallest absolute Gasteiger partial charge is 0.410 e. The van der Waals surface area contributed by atoms with Gasteiger partial charge in [-0.2, -0.15) is 5.10 Å². The van der Waals surface area contributed by atoms with Crippen molar-refractivity contribution >= 4 is 17.6 Å². The molecule has 0 atom stereocenters. The average molecular weight is 418 g/mol. The highest BCUT2D eigenvalue weighted by molar-refractivity contribution is 5.70. The second kappa shape index (κ2) is 8.12. The van der Waals surface area contributed by atoms with Gasteiger partial charge in [-0.1, -0.05) is 13.8 Å². The number of amides is 1. The Labute approximate surface area is 175 Å². The quantitative estimate of drug-likeness (QED) is 0.693. The maximum absolute atomic E-state index is 12.9. The van der Waals surface area contributed by atoms with Gasteiger partial charge in [0.25, 0.3) is 5.56 Å². The number of ether oxygens (including phenoxy) is 2. The number of hydrogen-bond acceptors (Lipinski definition) is 6. The first kappa shape index (κ1) is 21.9. The molecule has 1 aliphatic heterocycles. The summed E-state index contributed by atoms with van der Waals surface area (Å²) in [7, 11) is 0. The van der Waals surface area contributed by atoms with E-state index in [9.17, 15) is 14.4 Å². The summed E-state index contributed by atoms with van der Waals surface area (Å²) in [4.78, 5) is 38.7. The van der Waals surface area contributed by atoms with Gasteiger partial charge in [0.05, 0.1) is 12.5 Å². The molecule has 1 amide bonds. The molecule has 9 nitrogen and oxygen atoms in total. The molecule has 1 saturated heterocycles. The lowest BCUT2D eigenvalue weighted by Gasteiger charge is -2.39. The van der Waals surface area contributed by atoms with Gasteiger partial charge >= 0.3 is 12.1 Å². The summed E-state index contributed by atoms with van der Waals surface area (Å²) in [5.41, 5.74) is 0.561. The van der Waals surface area contributed by atoms with E-state index in [4.69, 9.17) is 9.47 Å². The maximum atomic E-state index is 12.9. The van der Waals surface area contributed by atoms with Crippen molar-refractivity contribution in [2.75, 3.05) is 19.7 Å². The zero-order valence-corrected chi connectivity index (χ0v) is 18.5. The topological polar surface area (TPSA) is 95.1 Å². The number of aromatic nitrogens is 3. The molecule has 2 aromatic heterocycles. The van der Waals surface area contributed by atoms with Crippen LogP contribution in [0.5, 0.6) is 0 Å². The van der Waals surface area contributed by atoms with E-state index in [0.29, 0.717) is 24.4 Å². The van der Waals surface area contributed by atoms with Gasteiger partial charge < -0.3 is 14.4 Å². The molecule has 1 fully saturated rings. The Morgan fingerprint density at radius 1 is 1.27 bits per heavy atom. The first-order chi connectivity index (χ1) is 14.0. The molecule has 30 heavy (non-hydrogen) atoms. The minimum absolute atomic E-state index is 0.0681. The fourth-order valence-corrected chi connectivity index (χ4v) is 3.33. The highest BCUT2D eigenvalue weighted by atomic mass is 16.6. The molecule has 0 aliphatic carbocycles. The summed E-state index contributed by atoms with van der Waals surface area (Å²) in [5.74, 6) is 0.291. The molecule has 9 heteroatoms. The zero-order valence-electron chi connectivity index (χ0n) is 18.5. The van der Waals surface area contributed by atoms with Crippen molar-refractivity contribution in [3.05, 3.63) is 34.0 Å². The summed E-state index contributed by atoms with van der Waals surface area (Å²) >= 11 is 0. The average Bonchev–Trinajstić information content (AvgIpc) is 3.02. The third-order valence-electron chi connectivity index (χ3n) is 4.91. The fourth-order valence-electron chi connectivity index (χ4n) is 3.33. The van der Waals surface area contributed by atoms with E-state index in [1.165, 1.54) is 0 Å². The van der Waals surface area contributed by atoms with Crippen molar-refractivity contribution < 1.29 is 19.1 Å². The molecule has 3 heterocycles. The van der Waals surface area contributed by atoms with Crippen LogP contribution in [0.3, 0.4) is 0 Å². The number of nitrogens with zero attached hydrogens (tertiary/aromatic N) is 4. The lowest BCUT2D eigenvalue weighted by molar-refractivity contribution is -0.144. The minimum atomic E-state index is -0.562. The van der Waals surface area contributed by atoms with E-state index in [1.807, 2.05) is 46.9 Å². The third kappa shape index (κ3) is 4.49. The van der Waals surface area contributed by atoms with Gasteiger partial charge in [-0.25, -0.2) is 9.48 Å². The number of esters is 1. The summed E-state index contributed by atoms with van der Waals surface area (Å²) in [6.07, 6.45) is 1.54. The SMILES string of the molecule is CCOC(=O)Cn1nc(C2CN(C(=O)OC(C)(C)C)C2)n2cc(C(C)C)cc2c1=O. The summed E-state index contributed by atoms with van der Waals surface area (Å²) in [6.45, 7) is 12.1. The van der Waals surface area contributed by atoms with Crippen LogP contribution in [-0.2, 0) is 20.8 Å². The van der Waals surface area contributed by atoms with Crippen molar-refractivity contribution in [2.45, 2.75) is 65.5 Å². The summed E-state index contributed by atoms with van der Waals surface area (Å²) in [6, 6.07) is 1.84. The van der Waals surface area contributed by atoms with Gasteiger partial charge in [-0.05, 0) is 45.2 Å². The van der Waals surface area contributed by atoms with E-state index in [2.05, 4.69) is 5.10 Å². The first-order valence-corrected chi connectivity index (χ1v) is 10.3. The Kier molecular flexibility index (Phi) is 5.92. The predicted molar refractivity (Wildman–Crippen MR) is 111 cm³/mol. The molecular formula is C21H30N4O5. The fraction of sp³-hybridized carbons (Fsp3) is 0.619. The lowest BCUT2D eigenvalue weighted by atomic mass is 10.00. The van der Waals surface area contributed by atoms with Crippen LogP contribution in [0.25, 0.3) is 5.52 Å². The van der Waals surface area contributed by atoms with Gasteiger partial charge in [0, 0.05) is 19.3 Å². The molecule has 0 spiro atoms. The number of rotatable bonds is 5. The molecular weight excluding hydrogens is 388 g/mol. The van der Waals surface area contributed by atoms with Crippen molar-refractivity contribution in [1.82, 2.24) is 19.1 Å². The van der Waals surface area contributed by atoms with Crippen LogP contribution in [0.1, 0.15) is 64.8 Å². The normalized spacial score (nSPS) is 14.8. The third-order valence-corrected chi connectivity index (χ3v) is 4.91. The number of carbonyl (C=O) groups is 2. The summed E-state index contributed by atoms with van der Waals surface area (Å²) in [5, 5.41) is 4.47. The molecule has 3 rings (SSSR count). The predicted octanol–water partition coefficient (Wildman–Crippen LogP) is 2.52. The summed E-state index contributed by atoms with van der Waals surface area (Å²) < 4.78 is 13.3. The largest absolute Gasteiger partial charge is 0.465 e. The van der Waals surface area contributed by atoms with Gasteiger partial charge in [0.15, 0.2) is 0 Å². The van der Waals surface area contributed by atoms with Crippen LogP contribution >= 0.6 is 0 Å². The zero-order chi connectivity index (χ0) is 22.2. The molecule has 164 valence electrons. The monoisotopic (exact) mass is 418 g/mol. The molecule has 0 unspecified atom stereocenters. The standard InChI is InChI=1S/C21H30N4O5/c1-7-29-17(26)12-25-19(27)16-8-14(13(2)3)11-24(16)18(22-25)15-9-23(10-15)20(28)30-21(4,5)6/h8,11,13,15H,7,9-10,12H2,1-6H3. The van der Waals surface area contributed by atoms with Gasteiger partial charge in [0.2, 0.25) is 0 Å². The van der Waals surface area contributed by atoms with Crippen LogP contribution in [-0.4, -0.2) is 56.4 Å². The van der Waals surface area contributed by atoms with E-state index in [-0.39, 0.29) is 36.6 Å². The van der Waals surface area contributed by atoms with Crippen LogP contribution in [0.4, 0.5) is 4.79 Å². The van der Waals surface area contributed by atoms with Gasteiger partial charge in [0.1, 0.15) is 23.5 Å². The van der Waals surface area contributed by atoms with Crippen LogP contribution in [0, 0.1) is 0 Å². The van der Waals surface area contributed by atoms with Gasteiger partial charge in [-0.15, -0.1) is 0 Å². The van der Waals surface area contributed by atoms with Crippen LogP contribution in [0.2, 0.25) is 0 Å². The van der Waals surface area contributed by atoms with Gasteiger partial charge in [-0.3, -0.25) is 14.0 Å². The molecule has 2 aromatic rings. The van der Waals surface area contributed by atoms with Crippen molar-refractivity contribution in [2.24, 2.45) is 0 Å². The molecule has 1 aliphatic rings. The Balaban J connectivity index is 1.93. The Bertz CT molecular complexity index is 1010. The second-order valence-electron chi connectivity index (χ2n) is 8.89. The van der Waals surface area contributed by atoms with Crippen LogP contribution in [0.15, 0.2) is 17.1 Å². The Morgan fingerprint density at radius 3 is 2.50 bits per heavy atom. The minimum Gasteiger partial charge on any atom is -0.465 e. The number of hydrogen-bond donors (Lipinski definition) is 0. The van der Waals surface area contributed by atoms with Crippen molar-refractivity contribution in [1.29, 1.82) is 0 Å². The Hall–Kier alpha value is -2.84. The van der Waals surface area contributed by atoms with Crippen molar-refractivity contribution in [3.8, 4) is 0 Å². The maximum Gasteiger partial charge on any atom is 0.410 e. The Morgan fingerprint density at radius 2 is 1.93 bits per heavy atom. The van der Waals surface area contributed by atoms with E-state index < -0.39 is 11.6 Å². The second-order valence-corrected chi connectivity index (χ2v) is 8.89. The number of fused-ring (bicyclic) bond motifs is 1. The highest BCUT2D eigenvalue weighted by Gasteiger charge is 2.37. The molecule has 0 aromatic carbocycles. The van der Waals surface area contributed by atoms with E-state index in [0.717, 1.165) is 10.2 Å². The number of likely N-dealkylation sites (tertiary alicyclic amines) is 1. The van der Waals surface area contributed by atoms with Crippen molar-refractivity contribution in [3.63, 3.8) is 0 Å². The first-order valence-electron chi connectivity index (χ1n) is 10.3. The van der Waals surface area contributed by atoms with Crippen LogP contribution < -0.4 is 5.56 Å². The molecule has 0 bridgehead atoms. The number of carbonyl (C=O) groups excluding carboxylic acids is 2. The molecule has 0 radical (unpaired) electrons. The van der Waals surface area contributed by atoms with E-state index >= 15 is 0 Å². The molecule has 0 saturated carbocycles. The van der Waals surface area contributed by atoms with E-state index in [1.54, 1.807) is 16.2 Å².